The first kappa shape index (κ1) is 17.8. The first-order valence-corrected chi connectivity index (χ1v) is 8.36. The molecule has 0 atom stereocenters. The number of methoxy groups -OCH3 is 4. The van der Waals surface area contributed by atoms with Gasteiger partial charge in [0.2, 0.25) is 23.7 Å². The predicted octanol–water partition coefficient (Wildman–Crippen LogP) is 3.22. The van der Waals surface area contributed by atoms with Gasteiger partial charge >= 0.3 is 0 Å². The molecule has 0 radical (unpaired) electrons. The Bertz CT molecular complexity index is 1120. The van der Waals surface area contributed by atoms with Crippen LogP contribution in [0.3, 0.4) is 0 Å². The van der Waals surface area contributed by atoms with Crippen molar-refractivity contribution in [3.8, 4) is 45.8 Å². The van der Waals surface area contributed by atoms with Gasteiger partial charge in [-0.25, -0.2) is 0 Å². The van der Waals surface area contributed by atoms with Crippen LogP contribution >= 0.6 is 0 Å². The highest BCUT2D eigenvalue weighted by Crippen LogP contribution is 2.47. The summed E-state index contributed by atoms with van der Waals surface area (Å²) in [5.74, 6) is 2.39. The maximum absolute atomic E-state index is 13.2. The quantitative estimate of drug-likeness (QED) is 0.661. The maximum Gasteiger partial charge on any atom is 0.239 e. The van der Waals surface area contributed by atoms with Crippen LogP contribution in [-0.4, -0.2) is 35.2 Å². The van der Waals surface area contributed by atoms with Crippen LogP contribution in [0.25, 0.3) is 22.3 Å². The molecule has 3 aromatic rings. The van der Waals surface area contributed by atoms with Crippen LogP contribution in [0.2, 0.25) is 0 Å². The van der Waals surface area contributed by atoms with Gasteiger partial charge in [0, 0.05) is 11.6 Å². The van der Waals surface area contributed by atoms with Crippen LogP contribution in [0.1, 0.15) is 0 Å². The lowest BCUT2D eigenvalue weighted by molar-refractivity contribution is 0.171. The van der Waals surface area contributed by atoms with E-state index < -0.39 is 0 Å². The monoisotopic (exact) mass is 386 g/mol. The third kappa shape index (κ3) is 2.57. The second-order valence-corrected chi connectivity index (χ2v) is 5.88. The molecule has 0 fully saturated rings. The third-order valence-corrected chi connectivity index (χ3v) is 4.49. The van der Waals surface area contributed by atoms with Crippen molar-refractivity contribution in [2.45, 2.75) is 0 Å². The molecule has 8 nitrogen and oxygen atoms in total. The second-order valence-electron chi connectivity index (χ2n) is 5.88. The van der Waals surface area contributed by atoms with Crippen LogP contribution in [0.5, 0.6) is 34.5 Å². The lowest BCUT2D eigenvalue weighted by Crippen LogP contribution is -2.09. The molecular formula is C20H18O8. The fourth-order valence-electron chi connectivity index (χ4n) is 3.21. The summed E-state index contributed by atoms with van der Waals surface area (Å²) in [5.41, 5.74) is 0.491. The molecule has 28 heavy (non-hydrogen) atoms. The molecule has 1 aliphatic rings. The Labute approximate surface area is 160 Å². The van der Waals surface area contributed by atoms with Gasteiger partial charge in [-0.15, -0.1) is 0 Å². The molecule has 2 aromatic carbocycles. The van der Waals surface area contributed by atoms with E-state index in [2.05, 4.69) is 0 Å². The van der Waals surface area contributed by atoms with Gasteiger partial charge in [0.25, 0.3) is 0 Å². The van der Waals surface area contributed by atoms with Crippen molar-refractivity contribution < 1.29 is 32.8 Å². The Balaban J connectivity index is 2.03. The van der Waals surface area contributed by atoms with Gasteiger partial charge in [-0.3, -0.25) is 4.79 Å². The fourth-order valence-corrected chi connectivity index (χ4v) is 3.21. The first-order chi connectivity index (χ1) is 13.6. The van der Waals surface area contributed by atoms with Crippen molar-refractivity contribution in [3.05, 3.63) is 34.5 Å². The van der Waals surface area contributed by atoms with Gasteiger partial charge in [0.05, 0.1) is 28.4 Å². The summed E-state index contributed by atoms with van der Waals surface area (Å²) in [6.45, 7) is 0.0376. The van der Waals surface area contributed by atoms with E-state index in [1.54, 1.807) is 31.4 Å². The average molecular weight is 386 g/mol. The molecule has 146 valence electrons. The van der Waals surface area contributed by atoms with E-state index in [4.69, 9.17) is 32.8 Å². The highest BCUT2D eigenvalue weighted by molar-refractivity contribution is 5.92. The van der Waals surface area contributed by atoms with Gasteiger partial charge < -0.3 is 32.8 Å². The Hall–Kier alpha value is -3.55. The normalized spacial score (nSPS) is 12.1. The Morgan fingerprint density at radius 2 is 1.61 bits per heavy atom. The van der Waals surface area contributed by atoms with E-state index in [0.717, 1.165) is 0 Å². The van der Waals surface area contributed by atoms with Gasteiger partial charge in [0.15, 0.2) is 28.8 Å². The van der Waals surface area contributed by atoms with Crippen molar-refractivity contribution in [2.75, 3.05) is 35.2 Å². The van der Waals surface area contributed by atoms with E-state index in [0.29, 0.717) is 28.6 Å². The molecule has 0 unspecified atom stereocenters. The molecule has 1 aliphatic heterocycles. The standard InChI is InChI=1S/C20H18O8/c1-22-11-6-5-10(7-12(11)23-2)17-20(25-4)16(21)15-13(28-17)8-14-18(19(15)24-3)27-9-26-14/h5-8H,9H2,1-4H3. The number of rotatable bonds is 5. The van der Waals surface area contributed by atoms with E-state index in [1.807, 2.05) is 0 Å². The zero-order chi connectivity index (χ0) is 19.8. The van der Waals surface area contributed by atoms with Gasteiger partial charge in [-0.2, -0.15) is 0 Å². The summed E-state index contributed by atoms with van der Waals surface area (Å²) in [7, 11) is 5.93. The largest absolute Gasteiger partial charge is 0.493 e. The highest BCUT2D eigenvalue weighted by atomic mass is 16.7. The zero-order valence-corrected chi connectivity index (χ0v) is 15.8. The summed E-state index contributed by atoms with van der Waals surface area (Å²) in [4.78, 5) is 13.2. The number of hydrogen-bond acceptors (Lipinski definition) is 8. The summed E-state index contributed by atoms with van der Waals surface area (Å²) in [6, 6.07) is 6.77. The molecule has 8 heteroatoms. The van der Waals surface area contributed by atoms with Crippen molar-refractivity contribution in [2.24, 2.45) is 0 Å². The van der Waals surface area contributed by atoms with Crippen molar-refractivity contribution in [3.63, 3.8) is 0 Å². The lowest BCUT2D eigenvalue weighted by Gasteiger charge is -2.14. The van der Waals surface area contributed by atoms with Gasteiger partial charge in [-0.05, 0) is 18.2 Å². The highest BCUT2D eigenvalue weighted by Gasteiger charge is 2.28. The lowest BCUT2D eigenvalue weighted by atomic mass is 10.1. The van der Waals surface area contributed by atoms with Gasteiger partial charge in [0.1, 0.15) is 11.0 Å². The van der Waals surface area contributed by atoms with E-state index in [-0.39, 0.29) is 40.5 Å². The SMILES string of the molecule is COc1ccc(-c2oc3cc4c(c(OC)c3c(=O)c2OC)OCO4)cc1OC. The topological polar surface area (TPSA) is 85.6 Å². The molecular weight excluding hydrogens is 368 g/mol. The Kier molecular flexibility index (Phi) is 4.38. The minimum atomic E-state index is -0.385. The molecule has 1 aromatic heterocycles. The number of hydrogen-bond donors (Lipinski definition) is 0. The van der Waals surface area contributed by atoms with Crippen LogP contribution in [0, 0.1) is 0 Å². The zero-order valence-electron chi connectivity index (χ0n) is 15.8. The molecule has 4 rings (SSSR count). The molecule has 0 N–H and O–H groups in total. The average Bonchev–Trinajstić information content (AvgIpc) is 3.19. The van der Waals surface area contributed by atoms with Gasteiger partial charge in [-0.1, -0.05) is 0 Å². The third-order valence-electron chi connectivity index (χ3n) is 4.49. The summed E-state index contributed by atoms with van der Waals surface area (Å²) in [5, 5.41) is 0.216. The van der Waals surface area contributed by atoms with Crippen molar-refractivity contribution >= 4 is 11.0 Å². The minimum absolute atomic E-state index is 0.0376. The summed E-state index contributed by atoms with van der Waals surface area (Å²) >= 11 is 0. The van der Waals surface area contributed by atoms with E-state index >= 15 is 0 Å². The predicted molar refractivity (Wildman–Crippen MR) is 100 cm³/mol. The van der Waals surface area contributed by atoms with Crippen LogP contribution in [0.15, 0.2) is 33.5 Å². The fraction of sp³-hybridized carbons (Fsp3) is 0.250. The molecule has 0 aliphatic carbocycles. The van der Waals surface area contributed by atoms with Crippen LogP contribution in [-0.2, 0) is 0 Å². The number of benzene rings is 2. The first-order valence-electron chi connectivity index (χ1n) is 8.36. The molecule has 0 spiro atoms. The minimum Gasteiger partial charge on any atom is -0.493 e. The molecule has 0 bridgehead atoms. The second kappa shape index (κ2) is 6.88. The van der Waals surface area contributed by atoms with E-state index in [1.165, 1.54) is 21.3 Å². The number of ether oxygens (including phenoxy) is 6. The van der Waals surface area contributed by atoms with Crippen LogP contribution in [0.4, 0.5) is 0 Å². The van der Waals surface area contributed by atoms with Crippen LogP contribution < -0.4 is 33.8 Å². The molecule has 2 heterocycles. The van der Waals surface area contributed by atoms with Crippen molar-refractivity contribution in [1.29, 1.82) is 0 Å². The molecule has 0 saturated heterocycles. The van der Waals surface area contributed by atoms with E-state index in [9.17, 15) is 4.79 Å². The number of fused-ring (bicyclic) bond motifs is 2. The molecule has 0 amide bonds. The van der Waals surface area contributed by atoms with Crippen molar-refractivity contribution in [1.82, 2.24) is 0 Å². The summed E-state index contributed by atoms with van der Waals surface area (Å²) < 4.78 is 38.3. The Morgan fingerprint density at radius 1 is 0.857 bits per heavy atom. The smallest absolute Gasteiger partial charge is 0.239 e. The molecule has 0 saturated carbocycles. The Morgan fingerprint density at radius 3 is 2.29 bits per heavy atom. The maximum atomic E-state index is 13.2. The summed E-state index contributed by atoms with van der Waals surface area (Å²) in [6.07, 6.45) is 0.